The minimum atomic E-state index is -3.58. The highest BCUT2D eigenvalue weighted by atomic mass is 32.2. The number of nitrogens with one attached hydrogen (secondary N) is 1. The van der Waals surface area contributed by atoms with Gasteiger partial charge in [-0.3, -0.25) is 14.6 Å². The number of amides is 2. The van der Waals surface area contributed by atoms with E-state index in [9.17, 15) is 22.4 Å². The molecule has 3 aromatic rings. The summed E-state index contributed by atoms with van der Waals surface area (Å²) >= 11 is 0. The van der Waals surface area contributed by atoms with Crippen molar-refractivity contribution in [2.24, 2.45) is 11.7 Å². The second kappa shape index (κ2) is 9.70. The number of primary amides is 1. The fourth-order valence-corrected chi connectivity index (χ4v) is 5.79. The molecule has 35 heavy (non-hydrogen) atoms. The third-order valence-electron chi connectivity index (χ3n) is 6.49. The number of pyridine rings is 1. The quantitative estimate of drug-likeness (QED) is 0.503. The molecule has 4 rings (SSSR count). The number of hydrogen-bond acceptors (Lipinski definition) is 6. The molecule has 3 N–H and O–H groups in total. The normalized spacial score (nSPS) is 20.0. The highest BCUT2D eigenvalue weighted by Crippen LogP contribution is 2.29. The van der Waals surface area contributed by atoms with Crippen LogP contribution in [0.4, 0.5) is 4.39 Å². The van der Waals surface area contributed by atoms with E-state index in [1.807, 2.05) is 6.92 Å². The number of rotatable bonds is 7. The lowest BCUT2D eigenvalue weighted by Gasteiger charge is -2.39. The van der Waals surface area contributed by atoms with E-state index in [-0.39, 0.29) is 36.6 Å². The van der Waals surface area contributed by atoms with Gasteiger partial charge in [-0.2, -0.15) is 9.40 Å². The zero-order valence-electron chi connectivity index (χ0n) is 19.4. The number of benzene rings is 1. The fourth-order valence-electron chi connectivity index (χ4n) is 4.70. The zero-order valence-corrected chi connectivity index (χ0v) is 20.2. The fraction of sp³-hybridized carbons (Fsp3) is 0.391. The number of fused-ring (bicyclic) bond motifs is 1. The van der Waals surface area contributed by atoms with Gasteiger partial charge in [-0.1, -0.05) is 6.92 Å². The molecule has 1 fully saturated rings. The molecule has 0 bridgehead atoms. The molecule has 2 aromatic heterocycles. The predicted molar refractivity (Wildman–Crippen MR) is 128 cm³/mol. The third kappa shape index (κ3) is 5.03. The van der Waals surface area contributed by atoms with E-state index in [1.54, 1.807) is 29.2 Å². The minimum Gasteiger partial charge on any atom is -0.368 e. The summed E-state index contributed by atoms with van der Waals surface area (Å²) in [6, 6.07) is 4.57. The Morgan fingerprint density at radius 3 is 2.57 bits per heavy atom. The van der Waals surface area contributed by atoms with Crippen molar-refractivity contribution in [1.29, 1.82) is 0 Å². The molecule has 1 aliphatic rings. The zero-order chi connectivity index (χ0) is 25.3. The number of nitrogens with two attached hydrogens (primary N) is 1. The summed E-state index contributed by atoms with van der Waals surface area (Å²) in [6.07, 6.45) is 6.95. The van der Waals surface area contributed by atoms with E-state index in [0.717, 1.165) is 10.6 Å². The van der Waals surface area contributed by atoms with E-state index >= 15 is 0 Å². The topological polar surface area (TPSA) is 140 Å². The minimum absolute atomic E-state index is 0.131. The maximum Gasteiger partial charge on any atom is 0.253 e. The van der Waals surface area contributed by atoms with Crippen molar-refractivity contribution in [3.05, 3.63) is 54.2 Å². The number of piperidine rings is 1. The van der Waals surface area contributed by atoms with Crippen molar-refractivity contribution in [1.82, 2.24) is 24.4 Å². The lowest BCUT2D eigenvalue weighted by Crippen LogP contribution is -2.55. The molecule has 186 valence electrons. The Hall–Kier alpha value is -3.38. The van der Waals surface area contributed by atoms with Crippen LogP contribution in [0.1, 0.15) is 36.5 Å². The number of aromatic nitrogens is 3. The van der Waals surface area contributed by atoms with Gasteiger partial charge in [0.25, 0.3) is 5.91 Å². The smallest absolute Gasteiger partial charge is 0.253 e. The highest BCUT2D eigenvalue weighted by Gasteiger charge is 2.39. The largest absolute Gasteiger partial charge is 0.368 e. The Bertz CT molecular complexity index is 1360. The summed E-state index contributed by atoms with van der Waals surface area (Å²) < 4.78 is 40.2. The molecule has 1 aliphatic heterocycles. The molecule has 3 heterocycles. The SMILES string of the molecule is CCC(NC(=O)c1cncc2c1cnn2-c1ccc(F)cc1)C1CCN(S(C)(=O)=O)C(C(N)=O)C1. The van der Waals surface area contributed by atoms with Gasteiger partial charge >= 0.3 is 0 Å². The van der Waals surface area contributed by atoms with Crippen LogP contribution in [0, 0.1) is 11.7 Å². The van der Waals surface area contributed by atoms with Gasteiger partial charge in [-0.05, 0) is 49.4 Å². The van der Waals surface area contributed by atoms with Crippen molar-refractivity contribution in [2.45, 2.75) is 38.3 Å². The molecule has 3 atom stereocenters. The molecular weight excluding hydrogens is 475 g/mol. The lowest BCUT2D eigenvalue weighted by atomic mass is 9.84. The summed E-state index contributed by atoms with van der Waals surface area (Å²) in [7, 11) is -3.58. The Morgan fingerprint density at radius 1 is 1.23 bits per heavy atom. The van der Waals surface area contributed by atoms with Crippen molar-refractivity contribution < 1.29 is 22.4 Å². The lowest BCUT2D eigenvalue weighted by molar-refractivity contribution is -0.123. The third-order valence-corrected chi connectivity index (χ3v) is 7.78. The number of carbonyl (C=O) groups is 2. The van der Waals surface area contributed by atoms with Crippen LogP contribution in [0.2, 0.25) is 0 Å². The summed E-state index contributed by atoms with van der Waals surface area (Å²) in [5, 5.41) is 7.96. The van der Waals surface area contributed by atoms with Crippen LogP contribution >= 0.6 is 0 Å². The molecule has 1 saturated heterocycles. The van der Waals surface area contributed by atoms with Gasteiger partial charge < -0.3 is 11.1 Å². The molecule has 0 saturated carbocycles. The summed E-state index contributed by atoms with van der Waals surface area (Å²) in [4.78, 5) is 29.4. The van der Waals surface area contributed by atoms with Crippen LogP contribution in [-0.2, 0) is 14.8 Å². The standard InChI is InChI=1S/C23H27FN6O4S/c1-3-19(14-8-9-29(35(2,33)34)20(10-14)22(25)31)28-23(32)18-11-26-13-21-17(18)12-27-30(21)16-6-4-15(24)5-7-16/h4-7,11-14,19-20H,3,8-10H2,1-2H3,(H2,25,31)(H,28,32). The molecule has 0 aliphatic carbocycles. The van der Waals surface area contributed by atoms with Crippen LogP contribution in [-0.4, -0.2) is 64.2 Å². The number of sulfonamides is 1. The van der Waals surface area contributed by atoms with Gasteiger partial charge in [0.05, 0.1) is 35.4 Å². The molecule has 10 nitrogen and oxygen atoms in total. The molecule has 1 aromatic carbocycles. The van der Waals surface area contributed by atoms with Gasteiger partial charge in [0, 0.05) is 24.2 Å². The first-order valence-electron chi connectivity index (χ1n) is 11.2. The Balaban J connectivity index is 1.56. The van der Waals surface area contributed by atoms with Crippen LogP contribution < -0.4 is 11.1 Å². The van der Waals surface area contributed by atoms with Gasteiger partial charge in [-0.25, -0.2) is 17.5 Å². The second-order valence-corrected chi connectivity index (χ2v) is 10.7. The van der Waals surface area contributed by atoms with Crippen LogP contribution in [0.3, 0.4) is 0 Å². The van der Waals surface area contributed by atoms with Crippen LogP contribution in [0.5, 0.6) is 0 Å². The van der Waals surface area contributed by atoms with Gasteiger partial charge in [0.2, 0.25) is 15.9 Å². The van der Waals surface area contributed by atoms with E-state index in [4.69, 9.17) is 5.73 Å². The highest BCUT2D eigenvalue weighted by molar-refractivity contribution is 7.88. The Morgan fingerprint density at radius 2 is 1.94 bits per heavy atom. The number of carbonyl (C=O) groups excluding carboxylic acids is 2. The first-order valence-corrected chi connectivity index (χ1v) is 13.1. The molecule has 3 unspecified atom stereocenters. The average molecular weight is 503 g/mol. The van der Waals surface area contributed by atoms with Gasteiger partial charge in [-0.15, -0.1) is 0 Å². The average Bonchev–Trinajstić information content (AvgIpc) is 3.26. The van der Waals surface area contributed by atoms with Crippen molar-refractivity contribution >= 4 is 32.7 Å². The Labute approximate surface area is 202 Å². The predicted octanol–water partition coefficient (Wildman–Crippen LogP) is 1.59. The monoisotopic (exact) mass is 502 g/mol. The molecule has 0 spiro atoms. The maximum absolute atomic E-state index is 13.3. The van der Waals surface area contributed by atoms with Crippen LogP contribution in [0.15, 0.2) is 42.9 Å². The summed E-state index contributed by atoms with van der Waals surface area (Å²) in [5.74, 6) is -1.55. The number of halogens is 1. The number of hydrogen-bond donors (Lipinski definition) is 2. The summed E-state index contributed by atoms with van der Waals surface area (Å²) in [6.45, 7) is 2.07. The molecule has 12 heteroatoms. The maximum atomic E-state index is 13.3. The van der Waals surface area contributed by atoms with E-state index < -0.39 is 22.0 Å². The van der Waals surface area contributed by atoms with E-state index in [1.165, 1.54) is 18.3 Å². The van der Waals surface area contributed by atoms with Gasteiger partial charge in [0.1, 0.15) is 11.9 Å². The van der Waals surface area contributed by atoms with E-state index in [2.05, 4.69) is 15.4 Å². The summed E-state index contributed by atoms with van der Waals surface area (Å²) in [5.41, 5.74) is 7.05. The van der Waals surface area contributed by atoms with E-state index in [0.29, 0.717) is 35.0 Å². The van der Waals surface area contributed by atoms with Crippen LogP contribution in [0.25, 0.3) is 16.6 Å². The first-order chi connectivity index (χ1) is 16.6. The molecule has 0 radical (unpaired) electrons. The van der Waals surface area contributed by atoms with Crippen molar-refractivity contribution in [3.8, 4) is 5.69 Å². The molecular formula is C23H27FN6O4S. The number of nitrogens with zero attached hydrogens (tertiary/aromatic N) is 4. The van der Waals surface area contributed by atoms with Gasteiger partial charge in [0.15, 0.2) is 0 Å². The Kier molecular flexibility index (Phi) is 6.86. The van der Waals surface area contributed by atoms with Crippen molar-refractivity contribution in [3.63, 3.8) is 0 Å². The first kappa shape index (κ1) is 24.7. The second-order valence-electron chi connectivity index (χ2n) is 8.72. The molecule has 2 amide bonds. The van der Waals surface area contributed by atoms with Crippen molar-refractivity contribution in [2.75, 3.05) is 12.8 Å².